The fourth-order valence-electron chi connectivity index (χ4n) is 3.69. The second-order valence-electron chi connectivity index (χ2n) is 8.36. The molecule has 5 nitrogen and oxygen atoms in total. The summed E-state index contributed by atoms with van der Waals surface area (Å²) in [5.74, 6) is -1.97. The number of alkyl halides is 2. The van der Waals surface area contributed by atoms with Crippen molar-refractivity contribution in [1.82, 2.24) is 9.88 Å². The van der Waals surface area contributed by atoms with E-state index in [1.807, 2.05) is 4.90 Å². The minimum Gasteiger partial charge on any atom is -0.476 e. The molecule has 3 aliphatic rings. The molecule has 3 heterocycles. The summed E-state index contributed by atoms with van der Waals surface area (Å²) >= 11 is 0. The predicted octanol–water partition coefficient (Wildman–Crippen LogP) is 3.34. The first kappa shape index (κ1) is 17.5. The standard InChI is InChI=1S/C19H25F2N3O2/c1-18(2)8-3-9-24(18)17(25)14-6-7-15(23-11-19(20,21)12-23)16(22-14)26-10-13-4-5-13/h6-7,13H,3-5,8-12H2,1-2H3. The molecular weight excluding hydrogens is 340 g/mol. The van der Waals surface area contributed by atoms with Crippen LogP contribution in [0.3, 0.4) is 0 Å². The molecule has 2 saturated heterocycles. The summed E-state index contributed by atoms with van der Waals surface area (Å²) in [7, 11) is 0. The normalized spacial score (nSPS) is 23.7. The van der Waals surface area contributed by atoms with Crippen LogP contribution in [0.2, 0.25) is 0 Å². The zero-order valence-electron chi connectivity index (χ0n) is 15.3. The smallest absolute Gasteiger partial charge is 0.282 e. The largest absolute Gasteiger partial charge is 0.476 e. The van der Waals surface area contributed by atoms with Crippen LogP contribution in [-0.2, 0) is 0 Å². The Morgan fingerprint density at radius 3 is 2.62 bits per heavy atom. The number of hydrogen-bond donors (Lipinski definition) is 0. The molecule has 0 unspecified atom stereocenters. The summed E-state index contributed by atoms with van der Waals surface area (Å²) in [6, 6.07) is 3.33. The van der Waals surface area contributed by atoms with Crippen LogP contribution >= 0.6 is 0 Å². The number of carbonyl (C=O) groups excluding carboxylic acids is 1. The summed E-state index contributed by atoms with van der Waals surface area (Å²) in [5, 5.41) is 0. The van der Waals surface area contributed by atoms with E-state index in [2.05, 4.69) is 18.8 Å². The van der Waals surface area contributed by atoms with Crippen molar-refractivity contribution in [3.63, 3.8) is 0 Å². The highest BCUT2D eigenvalue weighted by Gasteiger charge is 2.45. The van der Waals surface area contributed by atoms with Gasteiger partial charge in [0.05, 0.1) is 19.7 Å². The molecule has 0 aromatic carbocycles. The molecule has 1 aliphatic carbocycles. The van der Waals surface area contributed by atoms with Gasteiger partial charge in [-0.15, -0.1) is 0 Å². The van der Waals surface area contributed by atoms with Gasteiger partial charge in [-0.05, 0) is 57.6 Å². The molecule has 7 heteroatoms. The fourth-order valence-corrected chi connectivity index (χ4v) is 3.69. The Hall–Kier alpha value is -1.92. The third kappa shape index (κ3) is 3.35. The molecule has 1 saturated carbocycles. The number of anilines is 1. The first-order chi connectivity index (χ1) is 12.3. The van der Waals surface area contributed by atoms with Crippen molar-refractivity contribution >= 4 is 11.6 Å². The third-order valence-corrected chi connectivity index (χ3v) is 5.54. The van der Waals surface area contributed by atoms with E-state index >= 15 is 0 Å². The first-order valence-corrected chi connectivity index (χ1v) is 9.34. The Kier molecular flexibility index (Phi) is 4.08. The summed E-state index contributed by atoms with van der Waals surface area (Å²) < 4.78 is 32.3. The van der Waals surface area contributed by atoms with Crippen LogP contribution in [0.5, 0.6) is 5.88 Å². The zero-order chi connectivity index (χ0) is 18.5. The molecular formula is C19H25F2N3O2. The number of rotatable bonds is 5. The molecule has 4 rings (SSSR count). The van der Waals surface area contributed by atoms with E-state index < -0.39 is 5.92 Å². The summed E-state index contributed by atoms with van der Waals surface area (Å²) in [6.07, 6.45) is 4.19. The Balaban J connectivity index is 1.57. The van der Waals surface area contributed by atoms with Crippen LogP contribution in [-0.4, -0.2) is 53.5 Å². The van der Waals surface area contributed by atoms with Gasteiger partial charge in [-0.2, -0.15) is 0 Å². The van der Waals surface area contributed by atoms with Crippen molar-refractivity contribution in [2.45, 2.75) is 51.0 Å². The molecule has 0 bridgehead atoms. The van der Waals surface area contributed by atoms with E-state index in [1.165, 1.54) is 0 Å². The van der Waals surface area contributed by atoms with Gasteiger partial charge in [-0.1, -0.05) is 0 Å². The summed E-state index contributed by atoms with van der Waals surface area (Å²) in [5.41, 5.74) is 0.682. The lowest BCUT2D eigenvalue weighted by atomic mass is 10.0. The molecule has 0 spiro atoms. The van der Waals surface area contributed by atoms with Crippen molar-refractivity contribution < 1.29 is 18.3 Å². The lowest BCUT2D eigenvalue weighted by Gasteiger charge is -2.40. The summed E-state index contributed by atoms with van der Waals surface area (Å²) in [6.45, 7) is 4.68. The minimum atomic E-state index is -2.66. The van der Waals surface area contributed by atoms with Crippen molar-refractivity contribution in [2.75, 3.05) is 31.1 Å². The van der Waals surface area contributed by atoms with Crippen LogP contribution in [0.1, 0.15) is 50.0 Å². The minimum absolute atomic E-state index is 0.121. The molecule has 0 N–H and O–H groups in total. The van der Waals surface area contributed by atoms with E-state index in [-0.39, 0.29) is 24.5 Å². The van der Waals surface area contributed by atoms with Crippen LogP contribution in [0.25, 0.3) is 0 Å². The van der Waals surface area contributed by atoms with Gasteiger partial charge in [0, 0.05) is 12.1 Å². The van der Waals surface area contributed by atoms with Crippen molar-refractivity contribution in [3.8, 4) is 5.88 Å². The van der Waals surface area contributed by atoms with Gasteiger partial charge in [0.25, 0.3) is 11.8 Å². The van der Waals surface area contributed by atoms with Gasteiger partial charge in [0.2, 0.25) is 5.88 Å². The number of aromatic nitrogens is 1. The van der Waals surface area contributed by atoms with Crippen LogP contribution in [0, 0.1) is 5.92 Å². The molecule has 0 atom stereocenters. The summed E-state index contributed by atoms with van der Waals surface area (Å²) in [4.78, 5) is 20.7. The highest BCUT2D eigenvalue weighted by Crippen LogP contribution is 2.38. The predicted molar refractivity (Wildman–Crippen MR) is 94.0 cm³/mol. The van der Waals surface area contributed by atoms with Crippen LogP contribution in [0.4, 0.5) is 14.5 Å². The van der Waals surface area contributed by atoms with E-state index in [9.17, 15) is 13.6 Å². The second kappa shape index (κ2) is 6.06. The molecule has 142 valence electrons. The average molecular weight is 365 g/mol. The van der Waals surface area contributed by atoms with E-state index in [1.54, 1.807) is 17.0 Å². The highest BCUT2D eigenvalue weighted by molar-refractivity contribution is 5.93. The number of amides is 1. The van der Waals surface area contributed by atoms with Crippen molar-refractivity contribution in [1.29, 1.82) is 0 Å². The van der Waals surface area contributed by atoms with Crippen molar-refractivity contribution in [2.24, 2.45) is 5.92 Å². The van der Waals surface area contributed by atoms with Gasteiger partial charge in [-0.25, -0.2) is 13.8 Å². The molecule has 1 aromatic rings. The maximum absolute atomic E-state index is 13.3. The molecule has 1 amide bonds. The highest BCUT2D eigenvalue weighted by atomic mass is 19.3. The maximum Gasteiger partial charge on any atom is 0.282 e. The Morgan fingerprint density at radius 2 is 2.04 bits per heavy atom. The molecule has 3 fully saturated rings. The lowest BCUT2D eigenvalue weighted by molar-refractivity contribution is -0.0265. The lowest BCUT2D eigenvalue weighted by Crippen LogP contribution is -2.56. The quantitative estimate of drug-likeness (QED) is 0.803. The zero-order valence-corrected chi connectivity index (χ0v) is 15.3. The number of carbonyl (C=O) groups is 1. The number of halogens is 2. The molecule has 1 aromatic heterocycles. The van der Waals surface area contributed by atoms with Gasteiger partial charge in [0.15, 0.2) is 0 Å². The topological polar surface area (TPSA) is 45.7 Å². The van der Waals surface area contributed by atoms with Crippen LogP contribution < -0.4 is 9.64 Å². The fraction of sp³-hybridized carbons (Fsp3) is 0.684. The number of ether oxygens (including phenoxy) is 1. The number of nitrogens with zero attached hydrogens (tertiary/aromatic N) is 3. The van der Waals surface area contributed by atoms with Gasteiger partial charge < -0.3 is 14.5 Å². The number of likely N-dealkylation sites (tertiary alicyclic amines) is 1. The van der Waals surface area contributed by atoms with E-state index in [0.29, 0.717) is 36.3 Å². The number of pyridine rings is 1. The van der Waals surface area contributed by atoms with Gasteiger partial charge >= 0.3 is 0 Å². The van der Waals surface area contributed by atoms with Gasteiger partial charge in [0.1, 0.15) is 11.4 Å². The van der Waals surface area contributed by atoms with E-state index in [4.69, 9.17) is 4.74 Å². The first-order valence-electron chi connectivity index (χ1n) is 9.34. The molecule has 0 radical (unpaired) electrons. The Bertz CT molecular complexity index is 711. The average Bonchev–Trinajstić information content (AvgIpc) is 3.31. The molecule has 2 aliphatic heterocycles. The monoisotopic (exact) mass is 365 g/mol. The molecule has 26 heavy (non-hydrogen) atoms. The Labute approximate surface area is 152 Å². The van der Waals surface area contributed by atoms with E-state index in [0.717, 1.165) is 25.7 Å². The van der Waals surface area contributed by atoms with Gasteiger partial charge in [-0.3, -0.25) is 4.79 Å². The SMILES string of the molecule is CC1(C)CCCN1C(=O)c1ccc(N2CC(F)(F)C2)c(OCC2CC2)n1. The number of hydrogen-bond acceptors (Lipinski definition) is 4. The van der Waals surface area contributed by atoms with Crippen molar-refractivity contribution in [3.05, 3.63) is 17.8 Å². The van der Waals surface area contributed by atoms with Crippen LogP contribution in [0.15, 0.2) is 12.1 Å². The maximum atomic E-state index is 13.3. The third-order valence-electron chi connectivity index (χ3n) is 5.54. The Morgan fingerprint density at radius 1 is 1.31 bits per heavy atom. The second-order valence-corrected chi connectivity index (χ2v) is 8.36.